The van der Waals surface area contributed by atoms with Gasteiger partial charge in [-0.2, -0.15) is 5.10 Å². The van der Waals surface area contributed by atoms with Crippen molar-refractivity contribution < 1.29 is 9.59 Å². The van der Waals surface area contributed by atoms with Gasteiger partial charge in [-0.05, 0) is 42.5 Å². The maximum atomic E-state index is 12.3. The Morgan fingerprint density at radius 1 is 0.900 bits per heavy atom. The minimum absolute atomic E-state index is 0.318. The molecule has 4 rings (SSSR count). The van der Waals surface area contributed by atoms with Crippen molar-refractivity contribution in [2.45, 2.75) is 0 Å². The number of amides is 2. The number of nitrogens with zero attached hydrogens (tertiary/aromatic N) is 1. The summed E-state index contributed by atoms with van der Waals surface area (Å²) in [5, 5.41) is 8.18. The number of halogens is 1. The molecule has 0 aliphatic heterocycles. The number of aromatic amines is 1. The predicted octanol–water partition coefficient (Wildman–Crippen LogP) is 4.84. The molecule has 0 spiro atoms. The van der Waals surface area contributed by atoms with Crippen molar-refractivity contribution in [3.8, 4) is 0 Å². The van der Waals surface area contributed by atoms with Crippen LogP contribution in [0.5, 0.6) is 0 Å². The zero-order chi connectivity index (χ0) is 20.9. The molecular weight excluding hydrogens is 400 g/mol. The number of rotatable bonds is 5. The minimum Gasteiger partial charge on any atom is -0.361 e. The average Bonchev–Trinajstić information content (AvgIpc) is 3.17. The van der Waals surface area contributed by atoms with Gasteiger partial charge in [-0.25, -0.2) is 5.43 Å². The first-order chi connectivity index (χ1) is 14.6. The van der Waals surface area contributed by atoms with Gasteiger partial charge in [0.25, 0.3) is 11.8 Å². The van der Waals surface area contributed by atoms with Gasteiger partial charge < -0.3 is 10.3 Å². The summed E-state index contributed by atoms with van der Waals surface area (Å²) >= 11 is 6.04. The van der Waals surface area contributed by atoms with E-state index in [2.05, 4.69) is 20.8 Å². The van der Waals surface area contributed by atoms with E-state index in [-0.39, 0.29) is 11.8 Å². The van der Waals surface area contributed by atoms with Gasteiger partial charge in [-0.15, -0.1) is 0 Å². The highest BCUT2D eigenvalue weighted by Gasteiger charge is 2.10. The van der Waals surface area contributed by atoms with Crippen molar-refractivity contribution >= 4 is 46.2 Å². The summed E-state index contributed by atoms with van der Waals surface area (Å²) in [6.45, 7) is 0. The molecule has 0 unspecified atom stereocenters. The molecule has 0 fully saturated rings. The maximum absolute atomic E-state index is 12.3. The molecule has 30 heavy (non-hydrogen) atoms. The summed E-state index contributed by atoms with van der Waals surface area (Å²) in [4.78, 5) is 27.8. The highest BCUT2D eigenvalue weighted by Crippen LogP contribution is 2.18. The van der Waals surface area contributed by atoms with Crippen LogP contribution in [-0.4, -0.2) is 23.0 Å². The SMILES string of the molecule is O=C(N/N=C/c1c[nH]c2ccccc12)c1ccc(NC(=O)c2ccccc2Cl)cc1. The number of hydrogen-bond acceptors (Lipinski definition) is 3. The second-order valence-corrected chi connectivity index (χ2v) is 6.91. The van der Waals surface area contributed by atoms with E-state index in [0.29, 0.717) is 21.8 Å². The molecule has 7 heteroatoms. The molecule has 2 amide bonds. The predicted molar refractivity (Wildman–Crippen MR) is 119 cm³/mol. The molecule has 4 aromatic rings. The van der Waals surface area contributed by atoms with Crippen molar-refractivity contribution in [3.05, 3.63) is 101 Å². The number of carbonyl (C=O) groups excluding carboxylic acids is 2. The van der Waals surface area contributed by atoms with Crippen molar-refractivity contribution in [1.29, 1.82) is 0 Å². The van der Waals surface area contributed by atoms with E-state index >= 15 is 0 Å². The van der Waals surface area contributed by atoms with Crippen molar-refractivity contribution in [1.82, 2.24) is 10.4 Å². The van der Waals surface area contributed by atoms with Crippen molar-refractivity contribution in [2.24, 2.45) is 5.10 Å². The molecule has 3 aromatic carbocycles. The van der Waals surface area contributed by atoms with Crippen LogP contribution in [0.4, 0.5) is 5.69 Å². The fourth-order valence-corrected chi connectivity index (χ4v) is 3.20. The number of H-pyrrole nitrogens is 1. The number of carbonyl (C=O) groups is 2. The van der Waals surface area contributed by atoms with Gasteiger partial charge in [0.2, 0.25) is 0 Å². The maximum Gasteiger partial charge on any atom is 0.271 e. The van der Waals surface area contributed by atoms with E-state index in [1.54, 1.807) is 54.7 Å². The summed E-state index contributed by atoms with van der Waals surface area (Å²) in [6.07, 6.45) is 3.42. The molecule has 0 aliphatic carbocycles. The number of anilines is 1. The molecule has 0 saturated carbocycles. The molecule has 0 aliphatic rings. The summed E-state index contributed by atoms with van der Waals surface area (Å²) in [5.74, 6) is -0.670. The van der Waals surface area contributed by atoms with Gasteiger partial charge in [0.15, 0.2) is 0 Å². The van der Waals surface area contributed by atoms with Gasteiger partial charge >= 0.3 is 0 Å². The zero-order valence-corrected chi connectivity index (χ0v) is 16.5. The van der Waals surface area contributed by atoms with E-state index in [9.17, 15) is 9.59 Å². The number of para-hydroxylation sites is 1. The fraction of sp³-hybridized carbons (Fsp3) is 0. The Kier molecular flexibility index (Phi) is 5.59. The summed E-state index contributed by atoms with van der Waals surface area (Å²) < 4.78 is 0. The summed E-state index contributed by atoms with van der Waals surface area (Å²) in [7, 11) is 0. The fourth-order valence-electron chi connectivity index (χ4n) is 2.97. The lowest BCUT2D eigenvalue weighted by molar-refractivity contribution is 0.0954. The Morgan fingerprint density at radius 3 is 2.43 bits per heavy atom. The van der Waals surface area contributed by atoms with Crippen LogP contribution in [0.25, 0.3) is 10.9 Å². The van der Waals surface area contributed by atoms with Crippen LogP contribution in [0.15, 0.2) is 84.1 Å². The third kappa shape index (κ3) is 4.24. The number of hydrogen-bond donors (Lipinski definition) is 3. The topological polar surface area (TPSA) is 86.3 Å². The quantitative estimate of drug-likeness (QED) is 0.321. The number of hydrazone groups is 1. The summed E-state index contributed by atoms with van der Waals surface area (Å²) in [6, 6.07) is 21.1. The molecule has 0 atom stereocenters. The summed E-state index contributed by atoms with van der Waals surface area (Å²) in [5.41, 5.74) is 5.74. The average molecular weight is 417 g/mol. The van der Waals surface area contributed by atoms with Crippen molar-refractivity contribution in [3.63, 3.8) is 0 Å². The van der Waals surface area contributed by atoms with Crippen LogP contribution in [0.1, 0.15) is 26.3 Å². The number of fused-ring (bicyclic) bond motifs is 1. The number of aromatic nitrogens is 1. The first-order valence-corrected chi connectivity index (χ1v) is 9.55. The smallest absolute Gasteiger partial charge is 0.271 e. The highest BCUT2D eigenvalue weighted by molar-refractivity contribution is 6.34. The van der Waals surface area contributed by atoms with E-state index in [1.165, 1.54) is 0 Å². The Morgan fingerprint density at radius 2 is 1.63 bits per heavy atom. The van der Waals surface area contributed by atoms with Crippen LogP contribution in [-0.2, 0) is 0 Å². The first-order valence-electron chi connectivity index (χ1n) is 9.17. The normalized spacial score (nSPS) is 11.0. The van der Waals surface area contributed by atoms with Gasteiger partial charge in [-0.3, -0.25) is 9.59 Å². The van der Waals surface area contributed by atoms with E-state index < -0.39 is 0 Å². The molecule has 1 aromatic heterocycles. The minimum atomic E-state index is -0.352. The second-order valence-electron chi connectivity index (χ2n) is 6.50. The Balaban J connectivity index is 1.38. The molecule has 0 bridgehead atoms. The van der Waals surface area contributed by atoms with Crippen LogP contribution in [0.2, 0.25) is 5.02 Å². The Hall–Kier alpha value is -3.90. The monoisotopic (exact) mass is 416 g/mol. The molecule has 0 radical (unpaired) electrons. The van der Waals surface area contributed by atoms with Crippen LogP contribution >= 0.6 is 11.6 Å². The van der Waals surface area contributed by atoms with Gasteiger partial charge in [0.1, 0.15) is 0 Å². The first kappa shape index (κ1) is 19.4. The largest absolute Gasteiger partial charge is 0.361 e. The van der Waals surface area contributed by atoms with E-state index in [4.69, 9.17) is 11.6 Å². The third-order valence-corrected chi connectivity index (χ3v) is 4.84. The molecule has 1 heterocycles. The molecule has 0 saturated heterocycles. The van der Waals surface area contributed by atoms with Gasteiger partial charge in [0.05, 0.1) is 16.8 Å². The molecule has 3 N–H and O–H groups in total. The molecular formula is C23H17ClN4O2. The Labute approximate surface area is 177 Å². The highest BCUT2D eigenvalue weighted by atomic mass is 35.5. The zero-order valence-electron chi connectivity index (χ0n) is 15.7. The Bertz CT molecular complexity index is 1250. The van der Waals surface area contributed by atoms with Gasteiger partial charge in [-0.1, -0.05) is 41.9 Å². The standard InChI is InChI=1S/C23H17ClN4O2/c24-20-7-3-1-6-19(20)23(30)27-17-11-9-15(10-12-17)22(29)28-26-14-16-13-25-21-8-4-2-5-18(16)21/h1-14,25H,(H,27,30)(H,28,29)/b26-14+. The number of nitrogens with one attached hydrogen (secondary N) is 3. The third-order valence-electron chi connectivity index (χ3n) is 4.51. The lowest BCUT2D eigenvalue weighted by Crippen LogP contribution is -2.18. The van der Waals surface area contributed by atoms with Crippen LogP contribution in [0.3, 0.4) is 0 Å². The lowest BCUT2D eigenvalue weighted by atomic mass is 10.1. The van der Waals surface area contributed by atoms with Gasteiger partial charge in [0, 0.05) is 33.9 Å². The lowest BCUT2D eigenvalue weighted by Gasteiger charge is -2.07. The molecule has 6 nitrogen and oxygen atoms in total. The van der Waals surface area contributed by atoms with Crippen LogP contribution in [0, 0.1) is 0 Å². The van der Waals surface area contributed by atoms with Crippen molar-refractivity contribution in [2.75, 3.05) is 5.32 Å². The number of benzene rings is 3. The molecule has 148 valence electrons. The van der Waals surface area contributed by atoms with E-state index in [0.717, 1.165) is 16.5 Å². The van der Waals surface area contributed by atoms with Crippen LogP contribution < -0.4 is 10.7 Å². The second kappa shape index (κ2) is 8.63. The van der Waals surface area contributed by atoms with E-state index in [1.807, 2.05) is 30.5 Å².